The number of hydrogen-bond acceptors (Lipinski definition) is 16. The number of benzene rings is 8. The minimum Gasteiger partial charge on any atom is -0.486 e. The summed E-state index contributed by atoms with van der Waals surface area (Å²) >= 11 is 0. The molecule has 24 aromatic rings. The zero-order chi connectivity index (χ0) is 103. The fourth-order valence-corrected chi connectivity index (χ4v) is 15.4. The van der Waals surface area contributed by atoms with Gasteiger partial charge in [0.2, 0.25) is 22.9 Å². The Bertz CT molecular complexity index is 8140. The van der Waals surface area contributed by atoms with Crippen LogP contribution in [-0.4, -0.2) is 59.8 Å². The minimum atomic E-state index is -2.28. The summed E-state index contributed by atoms with van der Waals surface area (Å²) in [6.45, 7) is 15.2. The molecule has 16 aromatic heterocycles. The molecular weight excluding hydrogens is 2480 g/mol. The summed E-state index contributed by atoms with van der Waals surface area (Å²) < 4.78 is 88.4. The van der Waals surface area contributed by atoms with Gasteiger partial charge in [-0.25, -0.2) is 19.9 Å². The van der Waals surface area contributed by atoms with Crippen LogP contribution >= 0.6 is 0 Å². The molecule has 143 heavy (non-hydrogen) atoms. The van der Waals surface area contributed by atoms with Crippen LogP contribution in [0.25, 0.3) is 178 Å². The van der Waals surface area contributed by atoms with Gasteiger partial charge >= 0.3 is 0 Å². The third-order valence-corrected chi connectivity index (χ3v) is 21.8. The SMILES string of the molecule is Cc1cc(C)c2c(n1)oc1c(-c3ccccn3)[c-]ccc12.[2H]C([2H])([2H])c1c[c-]c(-c2ccccn2)c2oc3nc(C(C)(C)C)ccc3c12.[2H]C([2H])([2H])c1c[c-]c(-c2ccccn2)c2oc3nc(C)ccc3c12.[2H]C([2H])(c1ccnc(-c2[c-]ccc3c2oc2nc(C)ccc23)c1)C(C)(C)C.[Ir].[Ir].[Ir].[Ir].[c-]1ccccc1-c1ccccn1.[c-]1ccccc1-c1ccccn1.[c-]1ccccc1-c1ccccn1.[c-]1ccccc1-c1ccccn1. The molecule has 0 saturated heterocycles. The summed E-state index contributed by atoms with van der Waals surface area (Å²) in [7, 11) is 0. The number of fused-ring (bicyclic) bond motifs is 12. The van der Waals surface area contributed by atoms with Crippen molar-refractivity contribution in [3.8, 4) is 90.1 Å². The van der Waals surface area contributed by atoms with Crippen molar-refractivity contribution in [1.82, 2.24) is 59.8 Å². The number of pyridine rings is 12. The van der Waals surface area contributed by atoms with Crippen LogP contribution < -0.4 is 0 Å². The Kier molecular flexibility index (Phi) is 32.8. The van der Waals surface area contributed by atoms with Crippen LogP contribution in [0.5, 0.6) is 0 Å². The Morgan fingerprint density at radius 1 is 0.273 bits per heavy atom. The molecule has 20 heteroatoms. The summed E-state index contributed by atoms with van der Waals surface area (Å²) in [5, 5.41) is 6.53. The van der Waals surface area contributed by atoms with E-state index in [0.29, 0.717) is 94.9 Å². The molecule has 0 saturated carbocycles. The van der Waals surface area contributed by atoms with Crippen molar-refractivity contribution in [3.63, 3.8) is 0 Å². The van der Waals surface area contributed by atoms with Crippen LogP contribution in [0.1, 0.15) is 97.5 Å². The average Bonchev–Trinajstić information content (AvgIpc) is 1.63. The van der Waals surface area contributed by atoms with Gasteiger partial charge in [-0.05, 0) is 182 Å². The molecule has 4 radical (unpaired) electrons. The molecule has 0 bridgehead atoms. The summed E-state index contributed by atoms with van der Waals surface area (Å²) in [5.74, 6) is 0. The van der Waals surface area contributed by atoms with Crippen LogP contribution in [0.4, 0.5) is 0 Å². The van der Waals surface area contributed by atoms with Gasteiger partial charge in [0.25, 0.3) is 0 Å². The smallest absolute Gasteiger partial charge is 0.216 e. The molecule has 0 atom stereocenters. The Balaban J connectivity index is 0.000000146. The molecule has 0 amide bonds. The van der Waals surface area contributed by atoms with Crippen molar-refractivity contribution in [2.45, 2.75) is 94.7 Å². The molecule has 718 valence electrons. The van der Waals surface area contributed by atoms with Gasteiger partial charge in [-0.2, -0.15) is 0 Å². The van der Waals surface area contributed by atoms with E-state index >= 15 is 0 Å². The van der Waals surface area contributed by atoms with Crippen LogP contribution in [-0.2, 0) is 92.2 Å². The number of rotatable bonds is 9. The van der Waals surface area contributed by atoms with Crippen molar-refractivity contribution >= 4 is 88.3 Å². The molecule has 8 aromatic carbocycles. The van der Waals surface area contributed by atoms with Gasteiger partial charge in [-0.3, -0.25) is 0 Å². The fourth-order valence-electron chi connectivity index (χ4n) is 15.4. The Morgan fingerprint density at radius 3 is 1.01 bits per heavy atom. The van der Waals surface area contributed by atoms with Crippen molar-refractivity contribution in [2.75, 3.05) is 0 Å². The molecule has 24 rings (SSSR count). The van der Waals surface area contributed by atoms with E-state index < -0.39 is 25.5 Å². The maximum Gasteiger partial charge on any atom is 0.216 e. The van der Waals surface area contributed by atoms with Gasteiger partial charge in [0.1, 0.15) is 0 Å². The quantitative estimate of drug-likeness (QED) is 0.123. The monoisotopic (exact) mass is 2590 g/mol. The molecule has 0 unspecified atom stereocenters. The van der Waals surface area contributed by atoms with Crippen molar-refractivity contribution in [2.24, 2.45) is 5.41 Å². The molecule has 0 spiro atoms. The van der Waals surface area contributed by atoms with Gasteiger partial charge in [-0.1, -0.05) is 196 Å². The van der Waals surface area contributed by atoms with E-state index in [1.807, 2.05) is 327 Å². The first-order chi connectivity index (χ1) is 70.9. The summed E-state index contributed by atoms with van der Waals surface area (Å²) in [4.78, 5) is 52.5. The second kappa shape index (κ2) is 49.7. The topological polar surface area (TPSA) is 207 Å². The number of hydrogen-bond donors (Lipinski definition) is 0. The number of aryl methyl sites for hydroxylation is 6. The van der Waals surface area contributed by atoms with Gasteiger partial charge in [0.05, 0.1) is 22.3 Å². The predicted molar refractivity (Wildman–Crippen MR) is 559 cm³/mol. The third kappa shape index (κ3) is 26.4. The van der Waals surface area contributed by atoms with Gasteiger partial charge < -0.3 is 57.5 Å². The van der Waals surface area contributed by atoms with E-state index in [-0.39, 0.29) is 97.0 Å². The summed E-state index contributed by atoms with van der Waals surface area (Å²) in [6.07, 6.45) is 12.4. The van der Waals surface area contributed by atoms with Gasteiger partial charge in [-0.15, -0.1) is 215 Å². The standard InChI is InChI=1S/C22H21N2O.C21H19N2O.2C18H13N2O.4C11H8N.4Ir/c1-14-8-9-17-16-6-5-7-18(20(16)25-21(17)24-14)19-12-15(10-11-23-19)13-22(2,3)4;1-13-8-9-14(16-7-5-6-12-22-16)19-18(13)15-10-11-17(21(2,3)4)23-20(15)24-19;1-11-10-12(2)20-18-16(11)14-7-5-6-13(17(14)21-18)15-8-3-4-9-19-15;1-11-6-8-13(15-5-3-4-10-19-15)17-16(11)14-9-7-12(2)20-18(14)21-17;4*1-2-6-10(7-3-1)11-8-4-5-9-12-11;;;;/h5-6,8-12H,13H2,1-4H3;5-8,10-12H,1-4H3;3-5,7-10H,1-2H3;3-7,9-10H,1-2H3;4*1-6,8-9H;;;;/q8*-1;;;;/i13D2;1D3;;1D3;;;;;;;;. The van der Waals surface area contributed by atoms with Gasteiger partial charge in [0, 0.05) is 191 Å². The Labute approximate surface area is 898 Å². The molecule has 16 nitrogen and oxygen atoms in total. The third-order valence-electron chi connectivity index (χ3n) is 21.8. The Hall–Kier alpha value is -14.6. The minimum absolute atomic E-state index is 0. The molecule has 0 N–H and O–H groups in total. The first-order valence-corrected chi connectivity index (χ1v) is 45.1. The van der Waals surface area contributed by atoms with Crippen molar-refractivity contribution in [1.29, 1.82) is 0 Å². The van der Waals surface area contributed by atoms with Crippen LogP contribution in [0, 0.1) is 95.3 Å². The fraction of sp³-hybridized carbons (Fsp3) is 0.122. The van der Waals surface area contributed by atoms with Crippen molar-refractivity contribution < 1.29 is 109 Å². The van der Waals surface area contributed by atoms with E-state index in [2.05, 4.69) is 142 Å². The predicted octanol–water partition coefficient (Wildman–Crippen LogP) is 30.3. The zero-order valence-electron chi connectivity index (χ0n) is 87.5. The average molecular weight is 2590 g/mol. The number of nitrogens with zero attached hydrogens (tertiary/aromatic N) is 12. The maximum atomic E-state index is 8.55. The van der Waals surface area contributed by atoms with Crippen molar-refractivity contribution in [3.05, 3.63) is 459 Å². The second-order valence-corrected chi connectivity index (χ2v) is 34.2. The first-order valence-electron chi connectivity index (χ1n) is 49.1. The summed E-state index contributed by atoms with van der Waals surface area (Å²) in [6, 6.07) is 125. The van der Waals surface area contributed by atoms with E-state index in [1.165, 1.54) is 17.7 Å². The number of aromatic nitrogens is 12. The molecule has 0 aliphatic carbocycles. The van der Waals surface area contributed by atoms with Crippen LogP contribution in [0.3, 0.4) is 0 Å². The second-order valence-electron chi connectivity index (χ2n) is 34.2. The van der Waals surface area contributed by atoms with E-state index in [9.17, 15) is 0 Å². The summed E-state index contributed by atoms with van der Waals surface area (Å²) in [5.41, 5.74) is 23.3. The van der Waals surface area contributed by atoms with Crippen LogP contribution in [0.2, 0.25) is 0 Å². The Morgan fingerprint density at radius 2 is 0.615 bits per heavy atom. The normalized spacial score (nSPS) is 11.8. The molecule has 0 aliphatic rings. The van der Waals surface area contributed by atoms with Gasteiger partial charge in [0.15, 0.2) is 0 Å². The van der Waals surface area contributed by atoms with E-state index in [4.69, 9.17) is 28.6 Å². The van der Waals surface area contributed by atoms with E-state index in [0.717, 1.165) is 112 Å². The molecule has 0 aliphatic heterocycles. The molecule has 0 fully saturated rings. The first kappa shape index (κ1) is 94.6. The molecule has 16 heterocycles. The molecular formula is C123H98Ir4N12O4-8. The zero-order valence-corrected chi connectivity index (χ0v) is 89.1. The van der Waals surface area contributed by atoms with E-state index in [1.54, 1.807) is 61.7 Å². The maximum absolute atomic E-state index is 8.55. The number of furan rings is 4. The largest absolute Gasteiger partial charge is 0.486 e. The van der Waals surface area contributed by atoms with Crippen LogP contribution in [0.15, 0.2) is 383 Å².